The summed E-state index contributed by atoms with van der Waals surface area (Å²) in [4.78, 5) is 23.0. The summed E-state index contributed by atoms with van der Waals surface area (Å²) in [5.41, 5.74) is 0. The fraction of sp³-hybridized carbons (Fsp3) is 0.706. The molecule has 0 atom stereocenters. The molecule has 1 aliphatic carbocycles. The van der Waals surface area contributed by atoms with E-state index in [0.717, 1.165) is 38.3 Å². The minimum absolute atomic E-state index is 0.163. The van der Waals surface area contributed by atoms with Crippen LogP contribution in [0.5, 0.6) is 0 Å². The lowest BCUT2D eigenvalue weighted by molar-refractivity contribution is -0.125. The molecule has 0 unspecified atom stereocenters. The molecule has 0 bridgehead atoms. The highest BCUT2D eigenvalue weighted by Crippen LogP contribution is 2.24. The summed E-state index contributed by atoms with van der Waals surface area (Å²) in [5.74, 6) is 2.04. The van der Waals surface area contributed by atoms with Crippen molar-refractivity contribution in [1.82, 2.24) is 15.3 Å². The van der Waals surface area contributed by atoms with Crippen LogP contribution < -0.4 is 10.2 Å². The normalized spacial score (nSPS) is 20.8. The van der Waals surface area contributed by atoms with Crippen molar-refractivity contribution in [3.63, 3.8) is 0 Å². The van der Waals surface area contributed by atoms with Crippen LogP contribution in [0.3, 0.4) is 0 Å². The van der Waals surface area contributed by atoms with Gasteiger partial charge in [-0.1, -0.05) is 19.3 Å². The van der Waals surface area contributed by atoms with Gasteiger partial charge in [-0.25, -0.2) is 4.98 Å². The molecule has 0 spiro atoms. The zero-order chi connectivity index (χ0) is 15.2. The van der Waals surface area contributed by atoms with Crippen LogP contribution in [-0.2, 0) is 4.79 Å². The average molecular weight is 302 g/mol. The third kappa shape index (κ3) is 3.96. The Hall–Kier alpha value is -1.65. The number of hydrogen-bond acceptors (Lipinski definition) is 4. The summed E-state index contributed by atoms with van der Waals surface area (Å²) in [5, 5.41) is 3.19. The minimum Gasteiger partial charge on any atom is -0.356 e. The number of hydrogen-bond donors (Lipinski definition) is 1. The molecule has 1 aromatic rings. The van der Waals surface area contributed by atoms with Crippen molar-refractivity contribution in [2.24, 2.45) is 11.8 Å². The zero-order valence-electron chi connectivity index (χ0n) is 13.2. The van der Waals surface area contributed by atoms with Crippen molar-refractivity contribution in [3.05, 3.63) is 18.6 Å². The second-order valence-corrected chi connectivity index (χ2v) is 6.57. The number of nitrogens with zero attached hydrogens (tertiary/aromatic N) is 3. The average Bonchev–Trinajstić information content (AvgIpc) is 2.61. The van der Waals surface area contributed by atoms with Crippen molar-refractivity contribution in [2.75, 3.05) is 24.5 Å². The SMILES string of the molecule is O=C(NCC1CCCCC1)C1CCN(c2cnccn2)CC1. The van der Waals surface area contributed by atoms with Gasteiger partial charge in [0.15, 0.2) is 0 Å². The first-order valence-corrected chi connectivity index (χ1v) is 8.61. The molecule has 1 aromatic heterocycles. The molecule has 22 heavy (non-hydrogen) atoms. The molecule has 5 nitrogen and oxygen atoms in total. The topological polar surface area (TPSA) is 58.1 Å². The monoisotopic (exact) mass is 302 g/mol. The van der Waals surface area contributed by atoms with E-state index >= 15 is 0 Å². The Balaban J connectivity index is 1.41. The van der Waals surface area contributed by atoms with Crippen molar-refractivity contribution in [1.29, 1.82) is 0 Å². The van der Waals surface area contributed by atoms with E-state index in [4.69, 9.17) is 0 Å². The van der Waals surface area contributed by atoms with Crippen molar-refractivity contribution >= 4 is 11.7 Å². The number of piperidine rings is 1. The molecule has 0 radical (unpaired) electrons. The van der Waals surface area contributed by atoms with Crippen LogP contribution in [0.15, 0.2) is 18.6 Å². The largest absolute Gasteiger partial charge is 0.356 e. The standard InChI is InChI=1S/C17H26N4O/c22-17(20-12-14-4-2-1-3-5-14)15-6-10-21(11-7-15)16-13-18-8-9-19-16/h8-9,13-15H,1-7,10-12H2,(H,20,22). The second kappa shape index (κ2) is 7.56. The van der Waals surface area contributed by atoms with Crippen LogP contribution in [0.2, 0.25) is 0 Å². The highest BCUT2D eigenvalue weighted by molar-refractivity contribution is 5.78. The third-order valence-electron chi connectivity index (χ3n) is 5.03. The molecule has 2 fully saturated rings. The van der Waals surface area contributed by atoms with Gasteiger partial charge in [0.05, 0.1) is 6.20 Å². The van der Waals surface area contributed by atoms with E-state index in [2.05, 4.69) is 20.2 Å². The fourth-order valence-corrected chi connectivity index (χ4v) is 3.61. The van der Waals surface area contributed by atoms with E-state index in [1.807, 2.05) is 0 Å². The maximum atomic E-state index is 12.3. The molecular formula is C17H26N4O. The summed E-state index contributed by atoms with van der Waals surface area (Å²) in [7, 11) is 0. The number of anilines is 1. The summed E-state index contributed by atoms with van der Waals surface area (Å²) in [6, 6.07) is 0. The predicted octanol–water partition coefficient (Wildman–Crippen LogP) is 2.39. The summed E-state index contributed by atoms with van der Waals surface area (Å²) >= 11 is 0. The highest BCUT2D eigenvalue weighted by atomic mass is 16.1. The van der Waals surface area contributed by atoms with Crippen LogP contribution >= 0.6 is 0 Å². The van der Waals surface area contributed by atoms with E-state index in [1.54, 1.807) is 18.6 Å². The molecule has 1 N–H and O–H groups in total. The highest BCUT2D eigenvalue weighted by Gasteiger charge is 2.26. The van der Waals surface area contributed by atoms with E-state index in [9.17, 15) is 4.79 Å². The van der Waals surface area contributed by atoms with E-state index < -0.39 is 0 Å². The molecule has 1 saturated heterocycles. The number of rotatable bonds is 4. The minimum atomic E-state index is 0.163. The Morgan fingerprint density at radius 3 is 2.59 bits per heavy atom. The van der Waals surface area contributed by atoms with Crippen molar-refractivity contribution < 1.29 is 4.79 Å². The molecule has 1 saturated carbocycles. The Morgan fingerprint density at radius 1 is 1.14 bits per heavy atom. The first kappa shape index (κ1) is 15.3. The predicted molar refractivity (Wildman–Crippen MR) is 86.6 cm³/mol. The Morgan fingerprint density at radius 2 is 1.91 bits per heavy atom. The molecule has 5 heteroatoms. The maximum Gasteiger partial charge on any atom is 0.223 e. The van der Waals surface area contributed by atoms with Crippen molar-refractivity contribution in [2.45, 2.75) is 44.9 Å². The lowest BCUT2D eigenvalue weighted by atomic mass is 9.89. The van der Waals surface area contributed by atoms with Crippen LogP contribution in [0.4, 0.5) is 5.82 Å². The van der Waals surface area contributed by atoms with E-state index in [-0.39, 0.29) is 11.8 Å². The van der Waals surface area contributed by atoms with Gasteiger partial charge in [0.2, 0.25) is 5.91 Å². The summed E-state index contributed by atoms with van der Waals surface area (Å²) in [6.45, 7) is 2.66. The lowest BCUT2D eigenvalue weighted by Gasteiger charge is -2.32. The van der Waals surface area contributed by atoms with Gasteiger partial charge in [-0.15, -0.1) is 0 Å². The van der Waals surface area contributed by atoms with Crippen LogP contribution in [0.1, 0.15) is 44.9 Å². The first-order chi connectivity index (χ1) is 10.8. The number of amides is 1. The van der Waals surface area contributed by atoms with Gasteiger partial charge >= 0.3 is 0 Å². The van der Waals surface area contributed by atoms with Gasteiger partial charge in [-0.05, 0) is 31.6 Å². The Kier molecular flexibility index (Phi) is 5.24. The summed E-state index contributed by atoms with van der Waals surface area (Å²) in [6.07, 6.45) is 13.6. The summed E-state index contributed by atoms with van der Waals surface area (Å²) < 4.78 is 0. The first-order valence-electron chi connectivity index (χ1n) is 8.61. The Bertz CT molecular complexity index is 465. The van der Waals surface area contributed by atoms with Gasteiger partial charge in [0.1, 0.15) is 5.82 Å². The van der Waals surface area contributed by atoms with Gasteiger partial charge < -0.3 is 10.2 Å². The van der Waals surface area contributed by atoms with Crippen LogP contribution in [0, 0.1) is 11.8 Å². The van der Waals surface area contributed by atoms with Gasteiger partial charge in [-0.2, -0.15) is 0 Å². The van der Waals surface area contributed by atoms with Gasteiger partial charge in [0.25, 0.3) is 0 Å². The number of nitrogens with one attached hydrogen (secondary N) is 1. The molecule has 1 aliphatic heterocycles. The maximum absolute atomic E-state index is 12.3. The number of aromatic nitrogens is 2. The quantitative estimate of drug-likeness (QED) is 0.928. The molecule has 1 amide bonds. The fourth-order valence-electron chi connectivity index (χ4n) is 3.61. The Labute approximate surface area is 132 Å². The second-order valence-electron chi connectivity index (χ2n) is 6.57. The van der Waals surface area contributed by atoms with Gasteiger partial charge in [0, 0.05) is 37.9 Å². The molecule has 120 valence electrons. The van der Waals surface area contributed by atoms with Crippen LogP contribution in [0.25, 0.3) is 0 Å². The number of carbonyl (C=O) groups is 1. The zero-order valence-corrected chi connectivity index (χ0v) is 13.2. The molecular weight excluding hydrogens is 276 g/mol. The smallest absolute Gasteiger partial charge is 0.223 e. The van der Waals surface area contributed by atoms with E-state index in [0.29, 0.717) is 5.92 Å². The third-order valence-corrected chi connectivity index (χ3v) is 5.03. The molecule has 0 aromatic carbocycles. The number of carbonyl (C=O) groups excluding carboxylic acids is 1. The molecule has 2 heterocycles. The van der Waals surface area contributed by atoms with Gasteiger partial charge in [-0.3, -0.25) is 9.78 Å². The van der Waals surface area contributed by atoms with Crippen molar-refractivity contribution in [3.8, 4) is 0 Å². The molecule has 3 rings (SSSR count). The van der Waals surface area contributed by atoms with E-state index in [1.165, 1.54) is 32.1 Å². The lowest BCUT2D eigenvalue weighted by Crippen LogP contribution is -2.42. The molecule has 2 aliphatic rings. The van der Waals surface area contributed by atoms with Crippen LogP contribution in [-0.4, -0.2) is 35.5 Å².